The smallest absolute Gasteiger partial charge is 0.331 e. The molecular formula is C10H16O3. The van der Waals surface area contributed by atoms with Crippen LogP contribution in [-0.2, 0) is 14.3 Å². The number of ether oxygens (including phenoxy) is 2. The average Bonchev–Trinajstić information content (AvgIpc) is 2.34. The summed E-state index contributed by atoms with van der Waals surface area (Å²) in [5, 5.41) is 0. The number of esters is 1. The molecular weight excluding hydrogens is 168 g/mol. The van der Waals surface area contributed by atoms with Gasteiger partial charge in [-0.05, 0) is 32.8 Å². The highest BCUT2D eigenvalue weighted by Gasteiger charge is 2.16. The molecule has 0 radical (unpaired) electrons. The van der Waals surface area contributed by atoms with Gasteiger partial charge in [0, 0.05) is 6.08 Å². The highest BCUT2D eigenvalue weighted by molar-refractivity contribution is 5.83. The van der Waals surface area contributed by atoms with Gasteiger partial charge in [-0.15, -0.1) is 0 Å². The number of rotatable bonds is 1. The fourth-order valence-corrected chi connectivity index (χ4v) is 1.09. The zero-order chi connectivity index (χ0) is 9.90. The predicted octanol–water partition coefficient (Wildman–Crippen LogP) is 1.67. The number of hydrogen-bond donors (Lipinski definition) is 0. The van der Waals surface area contributed by atoms with E-state index in [0.717, 1.165) is 12.0 Å². The van der Waals surface area contributed by atoms with Crippen molar-refractivity contribution in [2.45, 2.75) is 32.8 Å². The monoisotopic (exact) mass is 184 g/mol. The van der Waals surface area contributed by atoms with Crippen molar-refractivity contribution in [3.63, 3.8) is 0 Å². The normalized spacial score (nSPS) is 20.7. The Bertz CT molecular complexity index is 215. The lowest BCUT2D eigenvalue weighted by Crippen LogP contribution is -2.22. The van der Waals surface area contributed by atoms with E-state index in [-0.39, 0.29) is 5.97 Å². The maximum absolute atomic E-state index is 11.3. The first-order chi connectivity index (χ1) is 5.97. The third kappa shape index (κ3) is 4.08. The number of carbonyl (C=O) groups excluding carboxylic acids is 1. The second kappa shape index (κ2) is 3.92. The Morgan fingerprint density at radius 3 is 2.69 bits per heavy atom. The van der Waals surface area contributed by atoms with Crippen LogP contribution in [-0.4, -0.2) is 24.8 Å². The molecule has 0 aromatic rings. The van der Waals surface area contributed by atoms with E-state index in [9.17, 15) is 4.79 Å². The molecule has 0 atom stereocenters. The maximum Gasteiger partial charge on any atom is 0.331 e. The minimum atomic E-state index is -0.409. The zero-order valence-electron chi connectivity index (χ0n) is 8.42. The summed E-state index contributed by atoms with van der Waals surface area (Å²) >= 11 is 0. The summed E-state index contributed by atoms with van der Waals surface area (Å²) < 4.78 is 10.2. The van der Waals surface area contributed by atoms with E-state index in [2.05, 4.69) is 0 Å². The van der Waals surface area contributed by atoms with Gasteiger partial charge in [-0.25, -0.2) is 4.79 Å². The van der Waals surface area contributed by atoms with Crippen LogP contribution in [0.2, 0.25) is 0 Å². The molecule has 13 heavy (non-hydrogen) atoms. The van der Waals surface area contributed by atoms with E-state index in [4.69, 9.17) is 9.47 Å². The third-order valence-electron chi connectivity index (χ3n) is 1.58. The van der Waals surface area contributed by atoms with Gasteiger partial charge in [-0.1, -0.05) is 0 Å². The molecule has 1 fully saturated rings. The summed E-state index contributed by atoms with van der Waals surface area (Å²) in [6.45, 7) is 6.85. The van der Waals surface area contributed by atoms with Crippen LogP contribution < -0.4 is 0 Å². The quantitative estimate of drug-likeness (QED) is 0.459. The Kier molecular flexibility index (Phi) is 3.09. The van der Waals surface area contributed by atoms with Crippen molar-refractivity contribution < 1.29 is 14.3 Å². The lowest BCUT2D eigenvalue weighted by Gasteiger charge is -2.18. The molecule has 0 amide bonds. The summed E-state index contributed by atoms with van der Waals surface area (Å²) in [4.78, 5) is 11.3. The second-order valence-corrected chi connectivity index (χ2v) is 4.14. The first kappa shape index (κ1) is 10.3. The van der Waals surface area contributed by atoms with Crippen LogP contribution in [0.15, 0.2) is 11.6 Å². The molecule has 0 spiro atoms. The molecule has 0 bridgehead atoms. The van der Waals surface area contributed by atoms with Crippen molar-refractivity contribution in [1.82, 2.24) is 0 Å². The van der Waals surface area contributed by atoms with E-state index in [1.54, 1.807) is 0 Å². The van der Waals surface area contributed by atoms with Gasteiger partial charge in [-0.3, -0.25) is 0 Å². The first-order valence-corrected chi connectivity index (χ1v) is 4.47. The van der Waals surface area contributed by atoms with Crippen molar-refractivity contribution in [3.8, 4) is 0 Å². The number of hydrogen-bond acceptors (Lipinski definition) is 3. The summed E-state index contributed by atoms with van der Waals surface area (Å²) in [5.74, 6) is -0.270. The molecule has 0 saturated carbocycles. The van der Waals surface area contributed by atoms with Crippen LogP contribution in [0.25, 0.3) is 0 Å². The van der Waals surface area contributed by atoms with Gasteiger partial charge in [0.2, 0.25) is 0 Å². The standard InChI is InChI=1S/C10H16O3/c1-10(2,3)13-9(11)6-8-4-5-12-7-8/h6H,4-5,7H2,1-3H3/b8-6+. The van der Waals surface area contributed by atoms with Crippen LogP contribution in [0, 0.1) is 0 Å². The molecule has 3 heteroatoms. The minimum absolute atomic E-state index is 0.270. The predicted molar refractivity (Wildman–Crippen MR) is 49.4 cm³/mol. The fraction of sp³-hybridized carbons (Fsp3) is 0.700. The maximum atomic E-state index is 11.3. The summed E-state index contributed by atoms with van der Waals surface area (Å²) in [7, 11) is 0. The molecule has 0 unspecified atom stereocenters. The Morgan fingerprint density at radius 1 is 1.54 bits per heavy atom. The van der Waals surface area contributed by atoms with Crippen molar-refractivity contribution in [3.05, 3.63) is 11.6 Å². The molecule has 1 saturated heterocycles. The van der Waals surface area contributed by atoms with E-state index in [1.165, 1.54) is 6.08 Å². The van der Waals surface area contributed by atoms with Crippen LogP contribution in [0.3, 0.4) is 0 Å². The van der Waals surface area contributed by atoms with Crippen molar-refractivity contribution in [2.75, 3.05) is 13.2 Å². The molecule has 3 nitrogen and oxygen atoms in total. The average molecular weight is 184 g/mol. The van der Waals surface area contributed by atoms with Gasteiger partial charge in [0.15, 0.2) is 0 Å². The molecule has 1 aliphatic heterocycles. The summed E-state index contributed by atoms with van der Waals surface area (Å²) in [6, 6.07) is 0. The van der Waals surface area contributed by atoms with Gasteiger partial charge in [-0.2, -0.15) is 0 Å². The van der Waals surface area contributed by atoms with Crippen LogP contribution in [0.4, 0.5) is 0 Å². The highest BCUT2D eigenvalue weighted by Crippen LogP contribution is 2.13. The minimum Gasteiger partial charge on any atom is -0.457 e. The molecule has 1 aliphatic rings. The third-order valence-corrected chi connectivity index (χ3v) is 1.58. The fourth-order valence-electron chi connectivity index (χ4n) is 1.09. The molecule has 0 aromatic heterocycles. The Morgan fingerprint density at radius 2 is 2.23 bits per heavy atom. The zero-order valence-corrected chi connectivity index (χ0v) is 8.42. The SMILES string of the molecule is CC(C)(C)OC(=O)/C=C1\CCOC1. The highest BCUT2D eigenvalue weighted by atomic mass is 16.6. The molecule has 0 N–H and O–H groups in total. The van der Waals surface area contributed by atoms with Gasteiger partial charge in [0.1, 0.15) is 5.60 Å². The van der Waals surface area contributed by atoms with Crippen LogP contribution in [0.1, 0.15) is 27.2 Å². The lowest BCUT2D eigenvalue weighted by atomic mass is 10.2. The van der Waals surface area contributed by atoms with Crippen LogP contribution in [0.5, 0.6) is 0 Å². The molecule has 1 heterocycles. The first-order valence-electron chi connectivity index (χ1n) is 4.47. The van der Waals surface area contributed by atoms with E-state index < -0.39 is 5.60 Å². The second-order valence-electron chi connectivity index (χ2n) is 4.14. The Labute approximate surface area is 78.7 Å². The Hall–Kier alpha value is -0.830. The van der Waals surface area contributed by atoms with Gasteiger partial charge in [0.25, 0.3) is 0 Å². The van der Waals surface area contributed by atoms with Gasteiger partial charge >= 0.3 is 5.97 Å². The van der Waals surface area contributed by atoms with E-state index in [0.29, 0.717) is 13.2 Å². The van der Waals surface area contributed by atoms with Gasteiger partial charge < -0.3 is 9.47 Å². The summed E-state index contributed by atoms with van der Waals surface area (Å²) in [5.41, 5.74) is 0.613. The molecule has 0 aromatic carbocycles. The van der Waals surface area contributed by atoms with Crippen molar-refractivity contribution in [1.29, 1.82) is 0 Å². The molecule has 1 rings (SSSR count). The van der Waals surface area contributed by atoms with E-state index >= 15 is 0 Å². The topological polar surface area (TPSA) is 35.5 Å². The van der Waals surface area contributed by atoms with Gasteiger partial charge in [0.05, 0.1) is 13.2 Å². The molecule has 74 valence electrons. The van der Waals surface area contributed by atoms with Crippen LogP contribution >= 0.6 is 0 Å². The number of carbonyl (C=O) groups is 1. The van der Waals surface area contributed by atoms with Crippen molar-refractivity contribution in [2.24, 2.45) is 0 Å². The lowest BCUT2D eigenvalue weighted by molar-refractivity contribution is -0.148. The summed E-state index contributed by atoms with van der Waals surface area (Å²) in [6.07, 6.45) is 2.39. The van der Waals surface area contributed by atoms with E-state index in [1.807, 2.05) is 20.8 Å². The van der Waals surface area contributed by atoms with Crippen molar-refractivity contribution >= 4 is 5.97 Å². The molecule has 0 aliphatic carbocycles. The largest absolute Gasteiger partial charge is 0.457 e. The Balaban J connectivity index is 2.45.